The van der Waals surface area contributed by atoms with E-state index < -0.39 is 6.10 Å². The molecule has 5 heteroatoms. The van der Waals surface area contributed by atoms with Crippen LogP contribution in [0.15, 0.2) is 24.3 Å². The van der Waals surface area contributed by atoms with Crippen LogP contribution in [0.4, 0.5) is 0 Å². The van der Waals surface area contributed by atoms with Crippen LogP contribution in [0.5, 0.6) is 5.75 Å². The number of hydrogen-bond acceptors (Lipinski definition) is 5. The molecule has 0 aromatic heterocycles. The van der Waals surface area contributed by atoms with Crippen LogP contribution in [-0.4, -0.2) is 54.6 Å². The third-order valence-corrected chi connectivity index (χ3v) is 4.74. The van der Waals surface area contributed by atoms with Crippen LogP contribution < -0.4 is 4.74 Å². The fourth-order valence-electron chi connectivity index (χ4n) is 3.57. The summed E-state index contributed by atoms with van der Waals surface area (Å²) in [5.41, 5.74) is 0.638. The van der Waals surface area contributed by atoms with E-state index >= 15 is 0 Å². The van der Waals surface area contributed by atoms with Crippen molar-refractivity contribution in [1.82, 2.24) is 4.90 Å². The lowest BCUT2D eigenvalue weighted by Gasteiger charge is -2.41. The normalized spacial score (nSPS) is 21.9. The smallest absolute Gasteiger partial charge is 0.119 e. The first-order chi connectivity index (χ1) is 11.2. The molecule has 1 aromatic carbocycles. The first-order valence-corrected chi connectivity index (χ1v) is 8.36. The van der Waals surface area contributed by atoms with Gasteiger partial charge >= 0.3 is 0 Å². The van der Waals surface area contributed by atoms with Crippen LogP contribution >= 0.6 is 0 Å². The lowest BCUT2D eigenvalue weighted by atomic mass is 9.99. The lowest BCUT2D eigenvalue weighted by Crippen LogP contribution is -2.52. The molecular formula is C18H24N2O3. The maximum Gasteiger partial charge on any atom is 0.119 e. The number of nitriles is 1. The molecule has 5 nitrogen and oxygen atoms in total. The van der Waals surface area contributed by atoms with E-state index in [2.05, 4.69) is 11.0 Å². The van der Waals surface area contributed by atoms with Gasteiger partial charge in [-0.15, -0.1) is 0 Å². The van der Waals surface area contributed by atoms with Crippen molar-refractivity contribution in [3.05, 3.63) is 29.8 Å². The number of hydrogen-bond donors (Lipinski definition) is 1. The van der Waals surface area contributed by atoms with Crippen molar-refractivity contribution < 1.29 is 14.6 Å². The minimum atomic E-state index is -0.526. The Morgan fingerprint density at radius 1 is 1.30 bits per heavy atom. The van der Waals surface area contributed by atoms with Crippen LogP contribution in [0.25, 0.3) is 0 Å². The predicted octanol–water partition coefficient (Wildman–Crippen LogP) is 1.94. The van der Waals surface area contributed by atoms with Gasteiger partial charge in [0.05, 0.1) is 23.8 Å². The largest absolute Gasteiger partial charge is 0.491 e. The van der Waals surface area contributed by atoms with Gasteiger partial charge < -0.3 is 14.6 Å². The quantitative estimate of drug-likeness (QED) is 0.899. The first kappa shape index (κ1) is 16.3. The SMILES string of the molecule is N#Cc1ccc(OCC(O)CN2CCOC3(CCCC3)C2)cc1. The number of aliphatic hydroxyl groups excluding tert-OH is 1. The van der Waals surface area contributed by atoms with E-state index in [9.17, 15) is 5.11 Å². The number of aliphatic hydroxyl groups is 1. The molecule has 1 heterocycles. The van der Waals surface area contributed by atoms with E-state index in [4.69, 9.17) is 14.7 Å². The second-order valence-electron chi connectivity index (χ2n) is 6.57. The molecule has 0 bridgehead atoms. The molecular weight excluding hydrogens is 292 g/mol. The zero-order chi connectivity index (χ0) is 16.1. The summed E-state index contributed by atoms with van der Waals surface area (Å²) >= 11 is 0. The van der Waals surface area contributed by atoms with Crippen LogP contribution in [-0.2, 0) is 4.74 Å². The molecule has 0 radical (unpaired) electrons. The molecule has 1 unspecified atom stereocenters. The molecule has 1 atom stereocenters. The standard InChI is InChI=1S/C18H24N2O3/c19-11-15-3-5-17(6-4-15)22-13-16(21)12-20-9-10-23-18(14-20)7-1-2-8-18/h3-6,16,21H,1-2,7-10,12-14H2. The maximum absolute atomic E-state index is 10.2. The Balaban J connectivity index is 1.45. The van der Waals surface area contributed by atoms with Gasteiger partial charge in [0.25, 0.3) is 0 Å². The number of β-amino-alcohol motifs (C(OH)–C–C–N with tert-alkyl or cyclic N) is 1. The van der Waals surface area contributed by atoms with E-state index in [0.717, 1.165) is 32.5 Å². The van der Waals surface area contributed by atoms with Crippen molar-refractivity contribution in [3.8, 4) is 11.8 Å². The summed E-state index contributed by atoms with van der Waals surface area (Å²) in [7, 11) is 0. The summed E-state index contributed by atoms with van der Waals surface area (Å²) in [6.07, 6.45) is 4.25. The summed E-state index contributed by atoms with van der Waals surface area (Å²) in [5, 5.41) is 19.0. The highest BCUT2D eigenvalue weighted by molar-refractivity contribution is 5.34. The van der Waals surface area contributed by atoms with Crippen LogP contribution in [0, 0.1) is 11.3 Å². The predicted molar refractivity (Wildman–Crippen MR) is 86.2 cm³/mol. The second kappa shape index (κ2) is 7.31. The summed E-state index contributed by atoms with van der Waals surface area (Å²) in [5.74, 6) is 0.678. The minimum Gasteiger partial charge on any atom is -0.491 e. The third kappa shape index (κ3) is 4.23. The van der Waals surface area contributed by atoms with Gasteiger partial charge in [0.15, 0.2) is 0 Å². The Hall–Kier alpha value is -1.61. The van der Waals surface area contributed by atoms with Gasteiger partial charge in [0, 0.05) is 19.6 Å². The molecule has 124 valence electrons. The Labute approximate surface area is 137 Å². The Morgan fingerprint density at radius 2 is 2.04 bits per heavy atom. The summed E-state index contributed by atoms with van der Waals surface area (Å²) in [6, 6.07) is 9.02. The molecule has 2 fully saturated rings. The topological polar surface area (TPSA) is 65.7 Å². The fraction of sp³-hybridized carbons (Fsp3) is 0.611. The molecule has 1 saturated carbocycles. The Morgan fingerprint density at radius 3 is 2.74 bits per heavy atom. The van der Waals surface area contributed by atoms with Gasteiger partial charge in [-0.05, 0) is 37.1 Å². The number of ether oxygens (including phenoxy) is 2. The lowest BCUT2D eigenvalue weighted by molar-refractivity contribution is -0.112. The van der Waals surface area contributed by atoms with Gasteiger partial charge in [-0.1, -0.05) is 12.8 Å². The third-order valence-electron chi connectivity index (χ3n) is 4.74. The average Bonchev–Trinajstić information content (AvgIpc) is 3.01. The summed E-state index contributed by atoms with van der Waals surface area (Å²) in [4.78, 5) is 2.29. The highest BCUT2D eigenvalue weighted by Gasteiger charge is 2.39. The summed E-state index contributed by atoms with van der Waals surface area (Å²) < 4.78 is 11.6. The van der Waals surface area contributed by atoms with Gasteiger partial charge in [-0.3, -0.25) is 4.90 Å². The van der Waals surface area contributed by atoms with Crippen molar-refractivity contribution in [1.29, 1.82) is 5.26 Å². The molecule has 1 N–H and O–H groups in total. The molecule has 23 heavy (non-hydrogen) atoms. The molecule has 1 aliphatic carbocycles. The monoisotopic (exact) mass is 316 g/mol. The number of morpholine rings is 1. The Bertz CT molecular complexity index is 546. The molecule has 1 aliphatic heterocycles. The highest BCUT2D eigenvalue weighted by Crippen LogP contribution is 2.35. The van der Waals surface area contributed by atoms with Crippen molar-refractivity contribution in [2.24, 2.45) is 0 Å². The molecule has 3 rings (SSSR count). The first-order valence-electron chi connectivity index (χ1n) is 8.36. The van der Waals surface area contributed by atoms with Crippen LogP contribution in [0.1, 0.15) is 31.2 Å². The number of nitrogens with zero attached hydrogens (tertiary/aromatic N) is 2. The van der Waals surface area contributed by atoms with Crippen molar-refractivity contribution in [3.63, 3.8) is 0 Å². The van der Waals surface area contributed by atoms with Crippen molar-refractivity contribution in [2.75, 3.05) is 32.8 Å². The maximum atomic E-state index is 10.2. The van der Waals surface area contributed by atoms with E-state index in [-0.39, 0.29) is 12.2 Å². The van der Waals surface area contributed by atoms with Gasteiger partial charge in [0.1, 0.15) is 18.5 Å². The molecule has 0 amide bonds. The number of benzene rings is 1. The van der Waals surface area contributed by atoms with Crippen LogP contribution in [0.2, 0.25) is 0 Å². The van der Waals surface area contributed by atoms with E-state index in [1.807, 2.05) is 0 Å². The second-order valence-corrected chi connectivity index (χ2v) is 6.57. The zero-order valence-corrected chi connectivity index (χ0v) is 13.4. The fourth-order valence-corrected chi connectivity index (χ4v) is 3.57. The summed E-state index contributed by atoms with van der Waals surface area (Å²) in [6.45, 7) is 3.41. The van der Waals surface area contributed by atoms with Gasteiger partial charge in [-0.25, -0.2) is 0 Å². The average molecular weight is 316 g/mol. The number of rotatable bonds is 5. The van der Waals surface area contributed by atoms with Gasteiger partial charge in [0.2, 0.25) is 0 Å². The van der Waals surface area contributed by atoms with Crippen molar-refractivity contribution in [2.45, 2.75) is 37.4 Å². The van der Waals surface area contributed by atoms with E-state index in [1.165, 1.54) is 12.8 Å². The molecule has 1 saturated heterocycles. The van der Waals surface area contributed by atoms with Gasteiger partial charge in [-0.2, -0.15) is 5.26 Å². The minimum absolute atomic E-state index is 0.0337. The van der Waals surface area contributed by atoms with E-state index in [1.54, 1.807) is 24.3 Å². The highest BCUT2D eigenvalue weighted by atomic mass is 16.5. The molecule has 1 spiro atoms. The molecule has 2 aliphatic rings. The zero-order valence-electron chi connectivity index (χ0n) is 13.4. The molecule has 1 aromatic rings. The Kier molecular flexibility index (Phi) is 5.16. The van der Waals surface area contributed by atoms with Crippen molar-refractivity contribution >= 4 is 0 Å². The van der Waals surface area contributed by atoms with E-state index in [0.29, 0.717) is 17.9 Å². The van der Waals surface area contributed by atoms with Crippen LogP contribution in [0.3, 0.4) is 0 Å².